The number of aromatic nitrogens is 3. The molecular weight excluding hydrogens is 366 g/mol. The number of imidazole rings is 1. The maximum Gasteiger partial charge on any atom is 0.230 e. The Hall–Kier alpha value is -2.25. The summed E-state index contributed by atoms with van der Waals surface area (Å²) in [5.41, 5.74) is 1.87. The van der Waals surface area contributed by atoms with E-state index in [1.54, 1.807) is 7.11 Å². The minimum atomic E-state index is -0.392. The lowest BCUT2D eigenvalue weighted by Gasteiger charge is -2.28. The van der Waals surface area contributed by atoms with Crippen LogP contribution in [0, 0.1) is 5.41 Å². The smallest absolute Gasteiger partial charge is 0.230 e. The lowest BCUT2D eigenvalue weighted by atomic mass is 9.75. The van der Waals surface area contributed by atoms with Crippen LogP contribution in [0.2, 0.25) is 0 Å². The van der Waals surface area contributed by atoms with E-state index in [4.69, 9.17) is 9.72 Å². The molecular formula is C22H31N5O2. The summed E-state index contributed by atoms with van der Waals surface area (Å²) in [4.78, 5) is 26.8. The molecule has 0 unspecified atom stereocenters. The van der Waals surface area contributed by atoms with Gasteiger partial charge in [0.15, 0.2) is 0 Å². The van der Waals surface area contributed by atoms with Crippen LogP contribution in [0.15, 0.2) is 37.1 Å². The number of pyridine rings is 1. The maximum atomic E-state index is 13.6. The third kappa shape index (κ3) is 3.81. The monoisotopic (exact) mass is 397 g/mol. The molecule has 2 aliphatic heterocycles. The summed E-state index contributed by atoms with van der Waals surface area (Å²) in [7, 11) is 1.68. The number of hydrogen-bond donors (Lipinski definition) is 0. The zero-order valence-corrected chi connectivity index (χ0v) is 17.6. The molecule has 2 saturated heterocycles. The third-order valence-electron chi connectivity index (χ3n) is 6.45. The van der Waals surface area contributed by atoms with E-state index in [1.165, 1.54) is 5.56 Å². The molecule has 2 aliphatic rings. The zero-order chi connectivity index (χ0) is 20.4. The predicted molar refractivity (Wildman–Crippen MR) is 110 cm³/mol. The van der Waals surface area contributed by atoms with Crippen molar-refractivity contribution in [3.05, 3.63) is 48.3 Å². The number of likely N-dealkylation sites (tertiary alicyclic amines) is 2. The summed E-state index contributed by atoms with van der Waals surface area (Å²) in [6, 6.07) is 4.46. The highest BCUT2D eigenvalue weighted by atomic mass is 16.5. The number of rotatable bonds is 7. The highest BCUT2D eigenvalue weighted by molar-refractivity contribution is 5.86. The first kappa shape index (κ1) is 20.0. The fraction of sp³-hybridized carbons (Fsp3) is 0.591. The van der Waals surface area contributed by atoms with Crippen LogP contribution in [0.25, 0.3) is 0 Å². The molecule has 4 heterocycles. The van der Waals surface area contributed by atoms with Gasteiger partial charge in [-0.1, -0.05) is 0 Å². The average Bonchev–Trinajstić information content (AvgIpc) is 3.41. The summed E-state index contributed by atoms with van der Waals surface area (Å²) in [5.74, 6) is 0.375. The molecule has 0 radical (unpaired) electrons. The number of hydrogen-bond acceptors (Lipinski definition) is 5. The topological polar surface area (TPSA) is 63.5 Å². The summed E-state index contributed by atoms with van der Waals surface area (Å²) >= 11 is 0. The van der Waals surface area contributed by atoms with Gasteiger partial charge in [-0.15, -0.1) is 0 Å². The number of methoxy groups -OCH3 is 1. The molecule has 1 amide bonds. The van der Waals surface area contributed by atoms with Crippen molar-refractivity contribution in [3.8, 4) is 0 Å². The van der Waals surface area contributed by atoms with Crippen molar-refractivity contribution >= 4 is 5.91 Å². The fourth-order valence-corrected chi connectivity index (χ4v) is 4.81. The van der Waals surface area contributed by atoms with Crippen molar-refractivity contribution in [3.63, 3.8) is 0 Å². The van der Waals surface area contributed by atoms with E-state index in [-0.39, 0.29) is 11.8 Å². The fourth-order valence-electron chi connectivity index (χ4n) is 4.81. The normalized spacial score (nSPS) is 25.0. The van der Waals surface area contributed by atoms with Gasteiger partial charge in [-0.25, -0.2) is 4.98 Å². The van der Waals surface area contributed by atoms with Gasteiger partial charge in [-0.2, -0.15) is 0 Å². The van der Waals surface area contributed by atoms with Gasteiger partial charge in [0.25, 0.3) is 0 Å². The quantitative estimate of drug-likeness (QED) is 0.718. The van der Waals surface area contributed by atoms with Gasteiger partial charge in [0.1, 0.15) is 0 Å². The second-order valence-electron chi connectivity index (χ2n) is 8.61. The van der Waals surface area contributed by atoms with Crippen molar-refractivity contribution in [1.82, 2.24) is 24.3 Å². The largest absolute Gasteiger partial charge is 0.383 e. The Kier molecular flexibility index (Phi) is 5.69. The first-order chi connectivity index (χ1) is 14.0. The average molecular weight is 398 g/mol. The molecule has 2 atom stereocenters. The highest BCUT2D eigenvalue weighted by Gasteiger charge is 2.57. The van der Waals surface area contributed by atoms with Gasteiger partial charge in [-0.3, -0.25) is 14.7 Å². The van der Waals surface area contributed by atoms with Gasteiger partial charge in [0.05, 0.1) is 24.0 Å². The molecule has 7 nitrogen and oxygen atoms in total. The molecule has 156 valence electrons. The van der Waals surface area contributed by atoms with Crippen LogP contribution in [-0.4, -0.2) is 70.1 Å². The SMILES string of the molecule is COCCN1CC[C@@]2(CN(Cc3ccncc3)C[C@@H]2c2cn(C(C)C)cn2)C1=O. The van der Waals surface area contributed by atoms with E-state index < -0.39 is 5.41 Å². The number of carbonyl (C=O) groups excluding carboxylic acids is 1. The summed E-state index contributed by atoms with van der Waals surface area (Å²) in [6.45, 7) is 8.79. The van der Waals surface area contributed by atoms with Crippen LogP contribution in [0.3, 0.4) is 0 Å². The lowest BCUT2D eigenvalue weighted by Crippen LogP contribution is -2.40. The highest BCUT2D eigenvalue weighted by Crippen LogP contribution is 2.49. The molecule has 7 heteroatoms. The summed E-state index contributed by atoms with van der Waals surface area (Å²) in [5, 5.41) is 0. The van der Waals surface area contributed by atoms with Gasteiger partial charge in [0.2, 0.25) is 5.91 Å². The second-order valence-corrected chi connectivity index (χ2v) is 8.61. The van der Waals surface area contributed by atoms with E-state index >= 15 is 0 Å². The van der Waals surface area contributed by atoms with Crippen molar-refractivity contribution < 1.29 is 9.53 Å². The van der Waals surface area contributed by atoms with E-state index in [9.17, 15) is 4.79 Å². The molecule has 4 rings (SSSR count). The Labute approximate surface area is 172 Å². The van der Waals surface area contributed by atoms with E-state index in [0.29, 0.717) is 19.2 Å². The maximum absolute atomic E-state index is 13.6. The Morgan fingerprint density at radius 3 is 2.79 bits per heavy atom. The Morgan fingerprint density at radius 2 is 2.10 bits per heavy atom. The van der Waals surface area contributed by atoms with Crippen molar-refractivity contribution in [2.24, 2.45) is 5.41 Å². The molecule has 2 fully saturated rings. The van der Waals surface area contributed by atoms with Crippen LogP contribution in [0.5, 0.6) is 0 Å². The van der Waals surface area contributed by atoms with Crippen molar-refractivity contribution in [2.75, 3.05) is 39.9 Å². The molecule has 1 spiro atoms. The number of amides is 1. The van der Waals surface area contributed by atoms with Gasteiger partial charge >= 0.3 is 0 Å². The molecule has 0 aliphatic carbocycles. The van der Waals surface area contributed by atoms with Crippen LogP contribution in [0.4, 0.5) is 0 Å². The van der Waals surface area contributed by atoms with Gasteiger partial charge in [-0.05, 0) is 38.0 Å². The molecule has 0 bridgehead atoms. The van der Waals surface area contributed by atoms with Crippen LogP contribution in [0.1, 0.15) is 43.5 Å². The first-order valence-electron chi connectivity index (χ1n) is 10.5. The number of ether oxygens (including phenoxy) is 1. The molecule has 2 aromatic rings. The molecule has 0 aromatic carbocycles. The molecule has 2 aromatic heterocycles. The summed E-state index contributed by atoms with van der Waals surface area (Å²) in [6.07, 6.45) is 8.58. The van der Waals surface area contributed by atoms with E-state index in [2.05, 4.69) is 46.6 Å². The third-order valence-corrected chi connectivity index (χ3v) is 6.45. The predicted octanol–water partition coefficient (Wildman–Crippen LogP) is 2.32. The Bertz CT molecular complexity index is 837. The molecule has 0 saturated carbocycles. The minimum absolute atomic E-state index is 0.115. The summed E-state index contributed by atoms with van der Waals surface area (Å²) < 4.78 is 7.35. The Balaban J connectivity index is 1.61. The van der Waals surface area contributed by atoms with Crippen LogP contribution < -0.4 is 0 Å². The number of carbonyl (C=O) groups is 1. The van der Waals surface area contributed by atoms with Crippen LogP contribution >= 0.6 is 0 Å². The van der Waals surface area contributed by atoms with Crippen molar-refractivity contribution in [1.29, 1.82) is 0 Å². The second kappa shape index (κ2) is 8.24. The Morgan fingerprint density at radius 1 is 1.31 bits per heavy atom. The first-order valence-corrected chi connectivity index (χ1v) is 10.5. The van der Waals surface area contributed by atoms with Gasteiger partial charge < -0.3 is 14.2 Å². The van der Waals surface area contributed by atoms with E-state index in [0.717, 1.165) is 38.3 Å². The van der Waals surface area contributed by atoms with Gasteiger partial charge in [0, 0.05) is 70.4 Å². The van der Waals surface area contributed by atoms with Crippen LogP contribution in [-0.2, 0) is 16.1 Å². The van der Waals surface area contributed by atoms with Crippen molar-refractivity contribution in [2.45, 2.75) is 38.8 Å². The standard InChI is InChI=1S/C22H31N5O2/c1-17(2)27-14-20(24-16-27)19-13-25(12-18-4-7-23-8-5-18)15-22(19)6-9-26(21(22)28)10-11-29-3/h4-5,7-8,14,16-17,19H,6,9-13,15H2,1-3H3/t19-,22+/m1/s1. The lowest BCUT2D eigenvalue weighted by molar-refractivity contribution is -0.136. The van der Waals surface area contributed by atoms with E-state index in [1.807, 2.05) is 23.6 Å². The minimum Gasteiger partial charge on any atom is -0.383 e. The molecule has 0 N–H and O–H groups in total. The zero-order valence-electron chi connectivity index (χ0n) is 17.6. The molecule has 29 heavy (non-hydrogen) atoms. The number of nitrogens with zero attached hydrogens (tertiary/aromatic N) is 5.